The SMILES string of the molecule is CNC(CC1CCOCC1)C1(c2ccccc2)CCCC1. The first-order chi connectivity index (χ1) is 10.3. The minimum Gasteiger partial charge on any atom is -0.381 e. The van der Waals surface area contributed by atoms with Crippen LogP contribution in [0.4, 0.5) is 0 Å². The van der Waals surface area contributed by atoms with Gasteiger partial charge in [0.2, 0.25) is 0 Å². The first-order valence-electron chi connectivity index (χ1n) is 8.66. The Kier molecular flexibility index (Phi) is 4.97. The van der Waals surface area contributed by atoms with Crippen LogP contribution in [0.25, 0.3) is 0 Å². The molecule has 21 heavy (non-hydrogen) atoms. The fraction of sp³-hybridized carbons (Fsp3) is 0.684. The van der Waals surface area contributed by atoms with E-state index in [2.05, 4.69) is 42.7 Å². The van der Waals surface area contributed by atoms with E-state index in [4.69, 9.17) is 4.74 Å². The van der Waals surface area contributed by atoms with E-state index in [0.717, 1.165) is 19.1 Å². The van der Waals surface area contributed by atoms with Crippen molar-refractivity contribution in [3.63, 3.8) is 0 Å². The second kappa shape index (κ2) is 6.93. The average Bonchev–Trinajstić information content (AvgIpc) is 3.05. The van der Waals surface area contributed by atoms with Crippen LogP contribution in [0, 0.1) is 5.92 Å². The molecular weight excluding hydrogens is 258 g/mol. The number of hydrogen-bond donors (Lipinski definition) is 1. The van der Waals surface area contributed by atoms with Crippen molar-refractivity contribution in [3.05, 3.63) is 35.9 Å². The summed E-state index contributed by atoms with van der Waals surface area (Å²) in [6, 6.07) is 11.8. The fourth-order valence-electron chi connectivity index (χ4n) is 4.55. The van der Waals surface area contributed by atoms with E-state index in [1.807, 2.05) is 0 Å². The third-order valence-corrected chi connectivity index (χ3v) is 5.77. The zero-order valence-electron chi connectivity index (χ0n) is 13.3. The van der Waals surface area contributed by atoms with Crippen LogP contribution in [0.3, 0.4) is 0 Å². The number of rotatable bonds is 5. The lowest BCUT2D eigenvalue weighted by atomic mass is 9.69. The minimum absolute atomic E-state index is 0.355. The van der Waals surface area contributed by atoms with E-state index in [-0.39, 0.29) is 0 Å². The molecule has 0 bridgehead atoms. The van der Waals surface area contributed by atoms with Crippen molar-refractivity contribution in [2.45, 2.75) is 56.4 Å². The van der Waals surface area contributed by atoms with E-state index in [0.29, 0.717) is 11.5 Å². The largest absolute Gasteiger partial charge is 0.381 e. The van der Waals surface area contributed by atoms with Gasteiger partial charge in [0.25, 0.3) is 0 Å². The summed E-state index contributed by atoms with van der Waals surface area (Å²) in [4.78, 5) is 0. The number of nitrogens with one attached hydrogen (secondary N) is 1. The third-order valence-electron chi connectivity index (χ3n) is 5.77. The van der Waals surface area contributed by atoms with Crippen molar-refractivity contribution in [3.8, 4) is 0 Å². The number of benzene rings is 1. The molecule has 1 atom stereocenters. The van der Waals surface area contributed by atoms with Crippen LogP contribution >= 0.6 is 0 Å². The molecule has 1 aromatic rings. The lowest BCUT2D eigenvalue weighted by molar-refractivity contribution is 0.0567. The molecule has 2 aliphatic rings. The highest BCUT2D eigenvalue weighted by Crippen LogP contribution is 2.45. The summed E-state index contributed by atoms with van der Waals surface area (Å²) in [6.45, 7) is 1.92. The first-order valence-corrected chi connectivity index (χ1v) is 8.66. The van der Waals surface area contributed by atoms with Gasteiger partial charge in [-0.15, -0.1) is 0 Å². The highest BCUT2D eigenvalue weighted by molar-refractivity contribution is 5.29. The Balaban J connectivity index is 1.80. The summed E-state index contributed by atoms with van der Waals surface area (Å²) in [6.07, 6.45) is 9.21. The molecule has 1 aliphatic carbocycles. The molecule has 116 valence electrons. The zero-order valence-corrected chi connectivity index (χ0v) is 13.3. The highest BCUT2D eigenvalue weighted by atomic mass is 16.5. The van der Waals surface area contributed by atoms with Crippen LogP contribution < -0.4 is 5.32 Å². The third kappa shape index (κ3) is 3.17. The molecule has 3 rings (SSSR count). The number of likely N-dealkylation sites (N-methyl/N-ethyl adjacent to an activating group) is 1. The monoisotopic (exact) mass is 287 g/mol. The van der Waals surface area contributed by atoms with Crippen molar-refractivity contribution < 1.29 is 4.74 Å². The van der Waals surface area contributed by atoms with Crippen LogP contribution in [0.1, 0.15) is 50.5 Å². The Morgan fingerprint density at radius 1 is 1.14 bits per heavy atom. The smallest absolute Gasteiger partial charge is 0.0468 e. The Labute approximate surface area is 129 Å². The van der Waals surface area contributed by atoms with Gasteiger partial charge < -0.3 is 10.1 Å². The van der Waals surface area contributed by atoms with Crippen LogP contribution in [-0.4, -0.2) is 26.3 Å². The van der Waals surface area contributed by atoms with Gasteiger partial charge in [-0.3, -0.25) is 0 Å². The predicted molar refractivity (Wildman–Crippen MR) is 87.6 cm³/mol. The number of hydrogen-bond acceptors (Lipinski definition) is 2. The summed E-state index contributed by atoms with van der Waals surface area (Å²) >= 11 is 0. The second-order valence-corrected chi connectivity index (χ2v) is 6.86. The predicted octanol–water partition coefficient (Wildman–Crippen LogP) is 3.90. The molecule has 2 heteroatoms. The highest BCUT2D eigenvalue weighted by Gasteiger charge is 2.42. The van der Waals surface area contributed by atoms with Crippen molar-refractivity contribution in [1.82, 2.24) is 5.32 Å². The van der Waals surface area contributed by atoms with E-state index in [1.165, 1.54) is 44.9 Å². The van der Waals surface area contributed by atoms with Crippen LogP contribution in [0.2, 0.25) is 0 Å². The zero-order chi connectivity index (χ0) is 14.5. The molecule has 2 nitrogen and oxygen atoms in total. The van der Waals surface area contributed by atoms with Gasteiger partial charge in [0.15, 0.2) is 0 Å². The number of ether oxygens (including phenoxy) is 1. The van der Waals surface area contributed by atoms with Crippen LogP contribution in [-0.2, 0) is 10.2 Å². The van der Waals surface area contributed by atoms with Gasteiger partial charge in [0.1, 0.15) is 0 Å². The quantitative estimate of drug-likeness (QED) is 0.886. The molecule has 1 saturated carbocycles. The fourth-order valence-corrected chi connectivity index (χ4v) is 4.55. The molecule has 1 saturated heterocycles. The Bertz CT molecular complexity index is 418. The van der Waals surface area contributed by atoms with Crippen LogP contribution in [0.5, 0.6) is 0 Å². The van der Waals surface area contributed by atoms with E-state index in [9.17, 15) is 0 Å². The van der Waals surface area contributed by atoms with Gasteiger partial charge in [-0.1, -0.05) is 43.2 Å². The molecule has 1 unspecified atom stereocenters. The molecule has 1 aromatic carbocycles. The maximum Gasteiger partial charge on any atom is 0.0468 e. The lowest BCUT2D eigenvalue weighted by Gasteiger charge is -2.40. The molecule has 1 N–H and O–H groups in total. The second-order valence-electron chi connectivity index (χ2n) is 6.86. The Morgan fingerprint density at radius 2 is 1.81 bits per heavy atom. The maximum atomic E-state index is 5.53. The van der Waals surface area contributed by atoms with Crippen molar-refractivity contribution in [1.29, 1.82) is 0 Å². The normalized spacial score (nSPS) is 24.0. The van der Waals surface area contributed by atoms with Crippen molar-refractivity contribution in [2.24, 2.45) is 5.92 Å². The topological polar surface area (TPSA) is 21.3 Å². The standard InChI is InChI=1S/C19H29NO/c1-20-18(15-16-9-13-21-14-10-16)19(11-5-6-12-19)17-7-3-2-4-8-17/h2-4,7-8,16,18,20H,5-6,9-15H2,1H3. The van der Waals surface area contributed by atoms with Gasteiger partial charge in [0, 0.05) is 24.7 Å². The van der Waals surface area contributed by atoms with E-state index < -0.39 is 0 Å². The molecule has 0 radical (unpaired) electrons. The molecular formula is C19H29NO. The summed E-state index contributed by atoms with van der Waals surface area (Å²) < 4.78 is 5.53. The van der Waals surface area contributed by atoms with E-state index in [1.54, 1.807) is 5.56 Å². The lowest BCUT2D eigenvalue weighted by Crippen LogP contribution is -2.47. The molecule has 1 aliphatic heterocycles. The van der Waals surface area contributed by atoms with Gasteiger partial charge >= 0.3 is 0 Å². The van der Waals surface area contributed by atoms with E-state index >= 15 is 0 Å². The average molecular weight is 287 g/mol. The summed E-state index contributed by atoms with van der Waals surface area (Å²) in [7, 11) is 2.16. The molecule has 2 fully saturated rings. The first kappa shape index (κ1) is 15.1. The molecule has 1 heterocycles. The maximum absolute atomic E-state index is 5.53. The molecule has 0 amide bonds. The van der Waals surface area contributed by atoms with Gasteiger partial charge in [-0.05, 0) is 50.6 Å². The van der Waals surface area contributed by atoms with Crippen molar-refractivity contribution >= 4 is 0 Å². The summed E-state index contributed by atoms with van der Waals surface area (Å²) in [5.41, 5.74) is 1.91. The molecule has 0 spiro atoms. The summed E-state index contributed by atoms with van der Waals surface area (Å²) in [5.74, 6) is 0.831. The van der Waals surface area contributed by atoms with Gasteiger partial charge in [0.05, 0.1) is 0 Å². The van der Waals surface area contributed by atoms with Crippen LogP contribution in [0.15, 0.2) is 30.3 Å². The summed E-state index contributed by atoms with van der Waals surface area (Å²) in [5, 5.41) is 3.69. The van der Waals surface area contributed by atoms with Crippen molar-refractivity contribution in [2.75, 3.05) is 20.3 Å². The molecule has 0 aromatic heterocycles. The van der Waals surface area contributed by atoms with Gasteiger partial charge in [-0.25, -0.2) is 0 Å². The Morgan fingerprint density at radius 3 is 2.43 bits per heavy atom. The Hall–Kier alpha value is -0.860. The minimum atomic E-state index is 0.355. The van der Waals surface area contributed by atoms with Gasteiger partial charge in [-0.2, -0.15) is 0 Å².